The van der Waals surface area contributed by atoms with Gasteiger partial charge in [0.2, 0.25) is 0 Å². The van der Waals surface area contributed by atoms with Gasteiger partial charge in [-0.3, -0.25) is 10.1 Å². The second-order valence-electron chi connectivity index (χ2n) is 4.49. The van der Waals surface area contributed by atoms with E-state index in [1.54, 1.807) is 12.1 Å². The van der Waals surface area contributed by atoms with Crippen molar-refractivity contribution in [2.45, 2.75) is 19.0 Å². The van der Waals surface area contributed by atoms with E-state index in [1.807, 2.05) is 0 Å². The Kier molecular flexibility index (Phi) is 4.22. The van der Waals surface area contributed by atoms with Crippen molar-refractivity contribution < 1.29 is 13.3 Å². The van der Waals surface area contributed by atoms with Crippen LogP contribution in [0.1, 0.15) is 12.0 Å². The van der Waals surface area contributed by atoms with Gasteiger partial charge in [-0.15, -0.1) is 0 Å². The Balaban J connectivity index is 2.05. The maximum atomic E-state index is 11.3. The summed E-state index contributed by atoms with van der Waals surface area (Å²) < 4.78 is 23.1. The van der Waals surface area contributed by atoms with E-state index in [9.17, 15) is 18.5 Å². The molecule has 1 unspecified atom stereocenters. The van der Waals surface area contributed by atoms with Gasteiger partial charge in [0.05, 0.1) is 20.9 Å². The summed E-state index contributed by atoms with van der Waals surface area (Å²) in [7, 11) is -2.91. The summed E-state index contributed by atoms with van der Waals surface area (Å²) in [6, 6.07) is 4.74. The molecule has 1 aromatic rings. The summed E-state index contributed by atoms with van der Waals surface area (Å²) in [5.41, 5.74) is 0.761. The van der Waals surface area contributed by atoms with Crippen LogP contribution in [0, 0.1) is 10.1 Å². The average molecular weight is 349 g/mol. The van der Waals surface area contributed by atoms with Crippen LogP contribution in [0.4, 0.5) is 5.69 Å². The highest BCUT2D eigenvalue weighted by Crippen LogP contribution is 2.28. The highest BCUT2D eigenvalue weighted by atomic mass is 79.9. The number of nitrogens with one attached hydrogen (secondary N) is 1. The number of hydrogen-bond donors (Lipinski definition) is 1. The molecule has 2 rings (SSSR count). The molecule has 0 amide bonds. The molecule has 104 valence electrons. The summed E-state index contributed by atoms with van der Waals surface area (Å²) in [6.07, 6.45) is 0.592. The van der Waals surface area contributed by atoms with Crippen molar-refractivity contribution in [1.82, 2.24) is 5.32 Å². The zero-order valence-corrected chi connectivity index (χ0v) is 12.4. The van der Waals surface area contributed by atoms with Crippen molar-refractivity contribution in [1.29, 1.82) is 0 Å². The van der Waals surface area contributed by atoms with Gasteiger partial charge >= 0.3 is 0 Å². The van der Waals surface area contributed by atoms with E-state index < -0.39 is 14.8 Å². The van der Waals surface area contributed by atoms with Crippen LogP contribution in [0.3, 0.4) is 0 Å². The molecule has 19 heavy (non-hydrogen) atoms. The zero-order valence-electron chi connectivity index (χ0n) is 10.0. The first-order valence-corrected chi connectivity index (χ1v) is 8.36. The Morgan fingerprint density at radius 1 is 1.47 bits per heavy atom. The molecular formula is C11H13BrN2O4S. The minimum atomic E-state index is -2.91. The Hall–Kier alpha value is -0.990. The molecule has 0 bridgehead atoms. The van der Waals surface area contributed by atoms with E-state index in [2.05, 4.69) is 21.2 Å². The topological polar surface area (TPSA) is 89.3 Å². The van der Waals surface area contributed by atoms with E-state index >= 15 is 0 Å². The average Bonchev–Trinajstić information content (AvgIpc) is 2.67. The third-order valence-corrected chi connectivity index (χ3v) is 5.75. The Morgan fingerprint density at radius 3 is 2.79 bits per heavy atom. The van der Waals surface area contributed by atoms with Gasteiger partial charge in [0.15, 0.2) is 9.84 Å². The van der Waals surface area contributed by atoms with Gasteiger partial charge in [0, 0.05) is 18.7 Å². The van der Waals surface area contributed by atoms with Gasteiger partial charge in [0.1, 0.15) is 0 Å². The second kappa shape index (κ2) is 5.56. The monoisotopic (exact) mass is 348 g/mol. The summed E-state index contributed by atoms with van der Waals surface area (Å²) in [5.74, 6) is 0.348. The summed E-state index contributed by atoms with van der Waals surface area (Å²) in [5, 5.41) is 13.9. The number of rotatable bonds is 4. The second-order valence-corrected chi connectivity index (χ2v) is 7.51. The Bertz CT molecular complexity index is 603. The minimum absolute atomic E-state index is 0.0124. The molecule has 6 nitrogen and oxygen atoms in total. The lowest BCUT2D eigenvalue weighted by molar-refractivity contribution is -0.385. The van der Waals surface area contributed by atoms with Crippen LogP contribution in [-0.2, 0) is 16.4 Å². The first-order chi connectivity index (χ1) is 8.89. The Labute approximate surface area is 119 Å². The van der Waals surface area contributed by atoms with Gasteiger partial charge in [-0.1, -0.05) is 12.1 Å². The van der Waals surface area contributed by atoms with Crippen LogP contribution in [0.2, 0.25) is 0 Å². The van der Waals surface area contributed by atoms with Crippen LogP contribution < -0.4 is 5.32 Å². The quantitative estimate of drug-likeness (QED) is 0.659. The van der Waals surface area contributed by atoms with E-state index in [0.29, 0.717) is 17.4 Å². The number of halogens is 1. The highest BCUT2D eigenvalue weighted by molar-refractivity contribution is 9.10. The molecular weight excluding hydrogens is 336 g/mol. The highest BCUT2D eigenvalue weighted by Gasteiger charge is 2.27. The molecule has 1 atom stereocenters. The Morgan fingerprint density at radius 2 is 2.21 bits per heavy atom. The largest absolute Gasteiger partial charge is 0.309 e. The van der Waals surface area contributed by atoms with Crippen molar-refractivity contribution in [3.8, 4) is 0 Å². The maximum absolute atomic E-state index is 11.3. The van der Waals surface area contributed by atoms with Gasteiger partial charge in [0.25, 0.3) is 5.69 Å². The number of benzene rings is 1. The zero-order chi connectivity index (χ0) is 14.0. The van der Waals surface area contributed by atoms with E-state index in [1.165, 1.54) is 6.07 Å². The molecule has 0 spiro atoms. The van der Waals surface area contributed by atoms with Crippen LogP contribution in [0.5, 0.6) is 0 Å². The normalized spacial score (nSPS) is 21.4. The van der Waals surface area contributed by atoms with E-state index in [4.69, 9.17) is 0 Å². The molecule has 1 aromatic carbocycles. The van der Waals surface area contributed by atoms with Crippen LogP contribution in [0.25, 0.3) is 0 Å². The predicted octanol–water partition coefficient (Wildman–Crippen LogP) is 1.63. The van der Waals surface area contributed by atoms with Crippen LogP contribution in [0.15, 0.2) is 22.7 Å². The van der Waals surface area contributed by atoms with Gasteiger partial charge in [-0.05, 0) is 27.9 Å². The first kappa shape index (κ1) is 14.4. The number of nitro benzene ring substituents is 1. The SMILES string of the molecule is O=[N+]([O-])c1cccc(CNC2CCS(=O)(=O)C2)c1Br. The van der Waals surface area contributed by atoms with Gasteiger partial charge in [-0.25, -0.2) is 8.42 Å². The van der Waals surface area contributed by atoms with Gasteiger partial charge < -0.3 is 5.32 Å². The lowest BCUT2D eigenvalue weighted by Crippen LogP contribution is -2.29. The summed E-state index contributed by atoms with van der Waals surface area (Å²) in [6.45, 7) is 0.405. The summed E-state index contributed by atoms with van der Waals surface area (Å²) >= 11 is 3.21. The van der Waals surface area contributed by atoms with Gasteiger partial charge in [-0.2, -0.15) is 0 Å². The van der Waals surface area contributed by atoms with Crippen molar-refractivity contribution in [2.24, 2.45) is 0 Å². The molecule has 0 radical (unpaired) electrons. The molecule has 0 saturated carbocycles. The number of nitrogens with zero attached hydrogens (tertiary/aromatic N) is 1. The predicted molar refractivity (Wildman–Crippen MR) is 74.7 cm³/mol. The smallest absolute Gasteiger partial charge is 0.283 e. The molecule has 0 aliphatic carbocycles. The van der Waals surface area contributed by atoms with E-state index in [-0.39, 0.29) is 23.2 Å². The number of hydrogen-bond acceptors (Lipinski definition) is 5. The fraction of sp³-hybridized carbons (Fsp3) is 0.455. The maximum Gasteiger partial charge on any atom is 0.283 e. The lowest BCUT2D eigenvalue weighted by atomic mass is 10.2. The third kappa shape index (κ3) is 3.52. The molecule has 1 aliphatic heterocycles. The molecule has 1 aliphatic rings. The molecule has 0 aromatic heterocycles. The van der Waals surface area contributed by atoms with Crippen molar-refractivity contribution in [2.75, 3.05) is 11.5 Å². The number of sulfone groups is 1. The van der Waals surface area contributed by atoms with Crippen LogP contribution in [-0.4, -0.2) is 30.9 Å². The molecule has 1 fully saturated rings. The fourth-order valence-corrected chi connectivity index (χ4v) is 4.31. The summed E-state index contributed by atoms with van der Waals surface area (Å²) in [4.78, 5) is 10.3. The standard InChI is InChI=1S/C11H13BrN2O4S/c12-11-8(2-1-3-10(11)14(15)16)6-13-9-4-5-19(17,18)7-9/h1-3,9,13H,4-7H2. The third-order valence-electron chi connectivity index (χ3n) is 3.07. The molecule has 1 N–H and O–H groups in total. The van der Waals surface area contributed by atoms with Crippen molar-refractivity contribution in [3.63, 3.8) is 0 Å². The number of nitro groups is 1. The van der Waals surface area contributed by atoms with Crippen molar-refractivity contribution >= 4 is 31.5 Å². The minimum Gasteiger partial charge on any atom is -0.309 e. The van der Waals surface area contributed by atoms with Crippen LogP contribution >= 0.6 is 15.9 Å². The molecule has 1 heterocycles. The van der Waals surface area contributed by atoms with Crippen molar-refractivity contribution in [3.05, 3.63) is 38.3 Å². The van der Waals surface area contributed by atoms with E-state index in [0.717, 1.165) is 5.56 Å². The molecule has 1 saturated heterocycles. The first-order valence-electron chi connectivity index (χ1n) is 5.74. The fourth-order valence-electron chi connectivity index (χ4n) is 2.05. The molecule has 8 heteroatoms. The lowest BCUT2D eigenvalue weighted by Gasteiger charge is -2.11.